The maximum Gasteiger partial charge on any atom is 0.328 e. The molecule has 0 aliphatic heterocycles. The molecule has 0 fully saturated rings. The highest BCUT2D eigenvalue weighted by Gasteiger charge is 2.23. The SMILES string of the molecule is CC(C)(C)OC(=O)C(N)c1cccc(Cl)c1. The highest BCUT2D eigenvalue weighted by atomic mass is 35.5. The number of esters is 1. The van der Waals surface area contributed by atoms with Gasteiger partial charge in [0.05, 0.1) is 0 Å². The zero-order valence-corrected chi connectivity index (χ0v) is 10.4. The molecule has 4 heteroatoms. The Morgan fingerprint density at radius 2 is 2.06 bits per heavy atom. The van der Waals surface area contributed by atoms with Gasteiger partial charge in [0.2, 0.25) is 0 Å². The molecule has 0 aliphatic carbocycles. The topological polar surface area (TPSA) is 52.3 Å². The number of carbonyl (C=O) groups excluding carboxylic acids is 1. The average molecular weight is 242 g/mol. The molecule has 16 heavy (non-hydrogen) atoms. The largest absolute Gasteiger partial charge is 0.459 e. The van der Waals surface area contributed by atoms with Crippen molar-refractivity contribution in [1.29, 1.82) is 0 Å². The third-order valence-electron chi connectivity index (χ3n) is 1.87. The van der Waals surface area contributed by atoms with Gasteiger partial charge in [0.1, 0.15) is 11.6 Å². The van der Waals surface area contributed by atoms with E-state index >= 15 is 0 Å². The normalized spacial score (nSPS) is 13.3. The van der Waals surface area contributed by atoms with Crippen molar-refractivity contribution in [3.8, 4) is 0 Å². The second-order valence-electron chi connectivity index (χ2n) is 4.57. The van der Waals surface area contributed by atoms with Crippen LogP contribution in [0.2, 0.25) is 5.02 Å². The fraction of sp³-hybridized carbons (Fsp3) is 0.417. The van der Waals surface area contributed by atoms with Crippen molar-refractivity contribution in [2.24, 2.45) is 5.73 Å². The lowest BCUT2D eigenvalue weighted by molar-refractivity contribution is -0.156. The van der Waals surface area contributed by atoms with Gasteiger partial charge in [0.25, 0.3) is 0 Å². The maximum absolute atomic E-state index is 11.7. The summed E-state index contributed by atoms with van der Waals surface area (Å²) in [6.45, 7) is 5.40. The highest BCUT2D eigenvalue weighted by Crippen LogP contribution is 2.19. The molecule has 88 valence electrons. The predicted octanol–water partition coefficient (Wildman–Crippen LogP) is 2.68. The smallest absolute Gasteiger partial charge is 0.328 e. The van der Waals surface area contributed by atoms with E-state index in [-0.39, 0.29) is 0 Å². The van der Waals surface area contributed by atoms with Gasteiger partial charge in [-0.15, -0.1) is 0 Å². The van der Waals surface area contributed by atoms with Crippen LogP contribution in [0.5, 0.6) is 0 Å². The number of hydrogen-bond donors (Lipinski definition) is 1. The molecule has 0 bridgehead atoms. The summed E-state index contributed by atoms with van der Waals surface area (Å²) in [5, 5.41) is 0.552. The molecule has 1 aromatic rings. The van der Waals surface area contributed by atoms with Gasteiger partial charge in [-0.1, -0.05) is 23.7 Å². The van der Waals surface area contributed by atoms with Crippen molar-refractivity contribution in [2.75, 3.05) is 0 Å². The molecular formula is C12H16ClNO2. The fourth-order valence-corrected chi connectivity index (χ4v) is 1.40. The van der Waals surface area contributed by atoms with E-state index in [2.05, 4.69) is 0 Å². The maximum atomic E-state index is 11.7. The monoisotopic (exact) mass is 241 g/mol. The van der Waals surface area contributed by atoms with Crippen molar-refractivity contribution in [3.63, 3.8) is 0 Å². The van der Waals surface area contributed by atoms with E-state index in [9.17, 15) is 4.79 Å². The van der Waals surface area contributed by atoms with Crippen molar-refractivity contribution in [2.45, 2.75) is 32.4 Å². The van der Waals surface area contributed by atoms with Crippen molar-refractivity contribution in [1.82, 2.24) is 0 Å². The summed E-state index contributed by atoms with van der Waals surface area (Å²) < 4.78 is 5.19. The first-order valence-electron chi connectivity index (χ1n) is 5.03. The van der Waals surface area contributed by atoms with Gasteiger partial charge in [-0.2, -0.15) is 0 Å². The Morgan fingerprint density at radius 1 is 1.44 bits per heavy atom. The molecule has 0 radical (unpaired) electrons. The quantitative estimate of drug-likeness (QED) is 0.810. The van der Waals surface area contributed by atoms with Gasteiger partial charge in [-0.25, -0.2) is 4.79 Å². The van der Waals surface area contributed by atoms with E-state index in [1.54, 1.807) is 45.0 Å². The molecule has 1 rings (SSSR count). The molecule has 0 saturated carbocycles. The predicted molar refractivity (Wildman–Crippen MR) is 64.2 cm³/mol. The number of rotatable bonds is 2. The van der Waals surface area contributed by atoms with Crippen LogP contribution in [0.4, 0.5) is 0 Å². The Kier molecular flexibility index (Phi) is 3.94. The van der Waals surface area contributed by atoms with E-state index in [0.717, 1.165) is 0 Å². The van der Waals surface area contributed by atoms with Crippen molar-refractivity contribution >= 4 is 17.6 Å². The second kappa shape index (κ2) is 4.85. The summed E-state index contributed by atoms with van der Waals surface area (Å²) in [4.78, 5) is 11.7. The van der Waals surface area contributed by atoms with Crippen LogP contribution in [-0.4, -0.2) is 11.6 Å². The molecule has 0 amide bonds. The number of carbonyl (C=O) groups is 1. The summed E-state index contributed by atoms with van der Waals surface area (Å²) in [7, 11) is 0. The van der Waals surface area contributed by atoms with E-state index in [0.29, 0.717) is 10.6 Å². The lowest BCUT2D eigenvalue weighted by Gasteiger charge is -2.22. The van der Waals surface area contributed by atoms with Crippen LogP contribution in [0.1, 0.15) is 32.4 Å². The van der Waals surface area contributed by atoms with Gasteiger partial charge < -0.3 is 10.5 Å². The van der Waals surface area contributed by atoms with E-state index in [1.165, 1.54) is 0 Å². The number of benzene rings is 1. The molecule has 0 aliphatic rings. The lowest BCUT2D eigenvalue weighted by atomic mass is 10.1. The Bertz CT molecular complexity index is 385. The first kappa shape index (κ1) is 13.0. The molecule has 0 spiro atoms. The third kappa shape index (κ3) is 3.83. The Labute approximate surface area is 101 Å². The van der Waals surface area contributed by atoms with Gasteiger partial charge in [0.15, 0.2) is 0 Å². The van der Waals surface area contributed by atoms with Crippen LogP contribution in [0.3, 0.4) is 0 Å². The molecule has 0 saturated heterocycles. The van der Waals surface area contributed by atoms with E-state index < -0.39 is 17.6 Å². The molecule has 1 aromatic carbocycles. The molecule has 0 heterocycles. The standard InChI is InChI=1S/C12H16ClNO2/c1-12(2,3)16-11(15)10(14)8-5-4-6-9(13)7-8/h4-7,10H,14H2,1-3H3. The average Bonchev–Trinajstić information content (AvgIpc) is 2.14. The van der Waals surface area contributed by atoms with Gasteiger partial charge in [-0.05, 0) is 38.5 Å². The Balaban J connectivity index is 2.78. The van der Waals surface area contributed by atoms with Crippen LogP contribution in [-0.2, 0) is 9.53 Å². The summed E-state index contributed by atoms with van der Waals surface area (Å²) in [5.74, 6) is -0.449. The zero-order valence-electron chi connectivity index (χ0n) is 9.66. The highest BCUT2D eigenvalue weighted by molar-refractivity contribution is 6.30. The van der Waals surface area contributed by atoms with E-state index in [1.807, 2.05) is 0 Å². The summed E-state index contributed by atoms with van der Waals surface area (Å²) in [6.07, 6.45) is 0. The minimum Gasteiger partial charge on any atom is -0.459 e. The van der Waals surface area contributed by atoms with E-state index in [4.69, 9.17) is 22.1 Å². The number of hydrogen-bond acceptors (Lipinski definition) is 3. The first-order valence-corrected chi connectivity index (χ1v) is 5.41. The van der Waals surface area contributed by atoms with Gasteiger partial charge >= 0.3 is 5.97 Å². The minimum absolute atomic E-state index is 0.449. The summed E-state index contributed by atoms with van der Waals surface area (Å²) >= 11 is 5.82. The van der Waals surface area contributed by atoms with Crippen molar-refractivity contribution in [3.05, 3.63) is 34.9 Å². The zero-order chi connectivity index (χ0) is 12.3. The lowest BCUT2D eigenvalue weighted by Crippen LogP contribution is -2.31. The fourth-order valence-electron chi connectivity index (χ4n) is 1.20. The van der Waals surface area contributed by atoms with Gasteiger partial charge in [-0.3, -0.25) is 0 Å². The van der Waals surface area contributed by atoms with Crippen LogP contribution in [0, 0.1) is 0 Å². The molecule has 3 nitrogen and oxygen atoms in total. The Hall–Kier alpha value is -1.06. The second-order valence-corrected chi connectivity index (χ2v) is 5.00. The third-order valence-corrected chi connectivity index (χ3v) is 2.10. The minimum atomic E-state index is -0.794. The molecular weight excluding hydrogens is 226 g/mol. The molecule has 1 unspecified atom stereocenters. The van der Waals surface area contributed by atoms with Gasteiger partial charge in [0, 0.05) is 5.02 Å². The van der Waals surface area contributed by atoms with Crippen LogP contribution in [0.25, 0.3) is 0 Å². The van der Waals surface area contributed by atoms with Crippen molar-refractivity contribution < 1.29 is 9.53 Å². The first-order chi connectivity index (χ1) is 7.29. The van der Waals surface area contributed by atoms with Crippen LogP contribution >= 0.6 is 11.6 Å². The Morgan fingerprint density at radius 3 is 2.56 bits per heavy atom. The summed E-state index contributed by atoms with van der Waals surface area (Å²) in [6, 6.07) is 6.10. The molecule has 1 atom stereocenters. The molecule has 0 aromatic heterocycles. The number of halogens is 1. The van der Waals surface area contributed by atoms with Crippen LogP contribution < -0.4 is 5.73 Å². The number of ether oxygens (including phenoxy) is 1. The summed E-state index contributed by atoms with van der Waals surface area (Å²) in [5.41, 5.74) is 5.90. The number of nitrogens with two attached hydrogens (primary N) is 1. The van der Waals surface area contributed by atoms with Crippen LogP contribution in [0.15, 0.2) is 24.3 Å². The molecule has 2 N–H and O–H groups in total.